The molecule has 7 heteroatoms. The molecule has 98 valence electrons. The van der Waals surface area contributed by atoms with Gasteiger partial charge in [0.1, 0.15) is 0 Å². The number of rotatable bonds is 7. The normalized spacial score (nSPS) is 11.7. The van der Waals surface area contributed by atoms with Crippen molar-refractivity contribution in [3.8, 4) is 0 Å². The van der Waals surface area contributed by atoms with Crippen molar-refractivity contribution in [2.45, 2.75) is 25.8 Å². The van der Waals surface area contributed by atoms with Crippen LogP contribution >= 0.6 is 0 Å². The second-order valence-electron chi connectivity index (χ2n) is 3.75. The summed E-state index contributed by atoms with van der Waals surface area (Å²) in [5, 5.41) is 11.1. The topological polar surface area (TPSA) is 113 Å². The van der Waals surface area contributed by atoms with E-state index in [4.69, 9.17) is 10.8 Å². The van der Waals surface area contributed by atoms with Gasteiger partial charge in [-0.2, -0.15) is 0 Å². The fraction of sp³-hybridized carbons (Fsp3) is 0.700. The number of nitrogens with zero attached hydrogens (tertiary/aromatic N) is 1. The Kier molecular flexibility index (Phi) is 6.88. The van der Waals surface area contributed by atoms with E-state index in [2.05, 4.69) is 5.32 Å². The second-order valence-corrected chi connectivity index (χ2v) is 3.75. The molecule has 0 aliphatic rings. The lowest BCUT2D eigenvalue weighted by Crippen LogP contribution is -2.46. The van der Waals surface area contributed by atoms with E-state index in [1.807, 2.05) is 6.92 Å². The van der Waals surface area contributed by atoms with Gasteiger partial charge in [0.15, 0.2) is 0 Å². The highest BCUT2D eigenvalue weighted by molar-refractivity contribution is 5.89. The average molecular weight is 245 g/mol. The number of carbonyl (C=O) groups is 3. The first-order valence-electron chi connectivity index (χ1n) is 5.37. The van der Waals surface area contributed by atoms with Crippen LogP contribution in [0.5, 0.6) is 0 Å². The number of carboxylic acids is 1. The molecule has 0 aromatic carbocycles. The number of nitrogens with two attached hydrogens (primary N) is 1. The summed E-state index contributed by atoms with van der Waals surface area (Å²) in [6.07, 6.45) is 0.363. The van der Waals surface area contributed by atoms with Crippen molar-refractivity contribution in [3.63, 3.8) is 0 Å². The number of carboxylic acid groups (broad SMARTS) is 1. The Labute approximate surface area is 100.0 Å². The van der Waals surface area contributed by atoms with Gasteiger partial charge in [0.05, 0.1) is 19.0 Å². The Morgan fingerprint density at radius 1 is 1.41 bits per heavy atom. The van der Waals surface area contributed by atoms with Gasteiger partial charge < -0.3 is 21.1 Å². The predicted octanol–water partition coefficient (Wildman–Crippen LogP) is -1.23. The molecule has 0 aliphatic heterocycles. The Balaban J connectivity index is 4.12. The third-order valence-corrected chi connectivity index (χ3v) is 2.04. The van der Waals surface area contributed by atoms with Crippen LogP contribution in [0.4, 0.5) is 0 Å². The van der Waals surface area contributed by atoms with Crippen LogP contribution in [0, 0.1) is 0 Å². The molecule has 7 nitrogen and oxygen atoms in total. The van der Waals surface area contributed by atoms with Gasteiger partial charge in [-0.25, -0.2) is 0 Å². The molecule has 0 aromatic heterocycles. The summed E-state index contributed by atoms with van der Waals surface area (Å²) in [6.45, 7) is 2.34. The standard InChI is InChI=1S/C10H19N3O4/c1-3-4-12-8(14)6-13(2)10(17)7(11)5-9(15)16/h7H,3-6,11H2,1-2H3,(H,12,14)(H,15,16). The van der Waals surface area contributed by atoms with E-state index in [0.717, 1.165) is 11.3 Å². The van der Waals surface area contributed by atoms with Crippen LogP contribution < -0.4 is 11.1 Å². The number of nitrogens with one attached hydrogen (secondary N) is 1. The van der Waals surface area contributed by atoms with Gasteiger partial charge in [-0.15, -0.1) is 0 Å². The Morgan fingerprint density at radius 2 is 2.00 bits per heavy atom. The lowest BCUT2D eigenvalue weighted by atomic mass is 10.2. The molecule has 1 atom stereocenters. The third kappa shape index (κ3) is 6.52. The number of amides is 2. The highest BCUT2D eigenvalue weighted by Gasteiger charge is 2.21. The van der Waals surface area contributed by atoms with Crippen LogP contribution in [0.3, 0.4) is 0 Å². The van der Waals surface area contributed by atoms with Crippen LogP contribution in [0.1, 0.15) is 19.8 Å². The number of carbonyl (C=O) groups excluding carboxylic acids is 2. The van der Waals surface area contributed by atoms with Crippen LogP contribution in [-0.2, 0) is 14.4 Å². The van der Waals surface area contributed by atoms with E-state index in [1.165, 1.54) is 7.05 Å². The number of aliphatic carboxylic acids is 1. The smallest absolute Gasteiger partial charge is 0.305 e. The highest BCUT2D eigenvalue weighted by atomic mass is 16.4. The van der Waals surface area contributed by atoms with Crippen molar-refractivity contribution >= 4 is 17.8 Å². The van der Waals surface area contributed by atoms with Crippen molar-refractivity contribution in [3.05, 3.63) is 0 Å². The minimum atomic E-state index is -1.14. The molecule has 4 N–H and O–H groups in total. The van der Waals surface area contributed by atoms with Crippen molar-refractivity contribution in [2.75, 3.05) is 20.1 Å². The molecule has 0 saturated heterocycles. The minimum absolute atomic E-state index is 0.119. The summed E-state index contributed by atoms with van der Waals surface area (Å²) in [5.74, 6) is -1.99. The summed E-state index contributed by atoms with van der Waals surface area (Å²) in [7, 11) is 1.41. The van der Waals surface area contributed by atoms with E-state index in [-0.39, 0.29) is 12.5 Å². The molecule has 0 aromatic rings. The molecular formula is C10H19N3O4. The second kappa shape index (κ2) is 7.61. The molecule has 0 spiro atoms. The summed E-state index contributed by atoms with van der Waals surface area (Å²) < 4.78 is 0. The maximum atomic E-state index is 11.5. The third-order valence-electron chi connectivity index (χ3n) is 2.04. The van der Waals surface area contributed by atoms with Gasteiger partial charge in [0, 0.05) is 13.6 Å². The Hall–Kier alpha value is -1.63. The van der Waals surface area contributed by atoms with E-state index in [1.54, 1.807) is 0 Å². The molecule has 0 saturated carbocycles. The van der Waals surface area contributed by atoms with Crippen molar-refractivity contribution in [1.29, 1.82) is 0 Å². The molecule has 17 heavy (non-hydrogen) atoms. The van der Waals surface area contributed by atoms with Crippen molar-refractivity contribution in [1.82, 2.24) is 10.2 Å². The molecule has 0 aliphatic carbocycles. The molecule has 0 radical (unpaired) electrons. The Morgan fingerprint density at radius 3 is 2.47 bits per heavy atom. The monoisotopic (exact) mass is 245 g/mol. The first-order chi connectivity index (χ1) is 7.88. The van der Waals surface area contributed by atoms with Gasteiger partial charge in [-0.1, -0.05) is 6.92 Å². The van der Waals surface area contributed by atoms with Crippen molar-refractivity contribution < 1.29 is 19.5 Å². The quantitative estimate of drug-likeness (QED) is 0.520. The fourth-order valence-electron chi connectivity index (χ4n) is 1.17. The summed E-state index contributed by atoms with van der Waals surface area (Å²) in [5.41, 5.74) is 5.39. The first-order valence-corrected chi connectivity index (χ1v) is 5.37. The average Bonchev–Trinajstić information content (AvgIpc) is 2.24. The maximum Gasteiger partial charge on any atom is 0.305 e. The number of likely N-dealkylation sites (N-methyl/N-ethyl adjacent to an activating group) is 1. The molecule has 0 heterocycles. The SMILES string of the molecule is CCCNC(=O)CN(C)C(=O)C(N)CC(=O)O. The van der Waals surface area contributed by atoms with Crippen LogP contribution in [0.2, 0.25) is 0 Å². The van der Waals surface area contributed by atoms with Crippen LogP contribution in [-0.4, -0.2) is 54.0 Å². The van der Waals surface area contributed by atoms with Crippen molar-refractivity contribution in [2.24, 2.45) is 5.73 Å². The lowest BCUT2D eigenvalue weighted by molar-refractivity contribution is -0.142. The summed E-state index contributed by atoms with van der Waals surface area (Å²) >= 11 is 0. The zero-order valence-electron chi connectivity index (χ0n) is 10.1. The summed E-state index contributed by atoms with van der Waals surface area (Å²) in [4.78, 5) is 34.3. The molecule has 0 rings (SSSR count). The molecule has 0 fully saturated rings. The Bertz CT molecular complexity index is 293. The highest BCUT2D eigenvalue weighted by Crippen LogP contribution is 1.95. The number of hydrogen-bond donors (Lipinski definition) is 3. The largest absolute Gasteiger partial charge is 0.481 e. The zero-order chi connectivity index (χ0) is 13.4. The van der Waals surface area contributed by atoms with Gasteiger partial charge in [-0.05, 0) is 6.42 Å². The van der Waals surface area contributed by atoms with Gasteiger partial charge in [-0.3, -0.25) is 14.4 Å². The molecule has 1 unspecified atom stereocenters. The number of hydrogen-bond acceptors (Lipinski definition) is 4. The molecule has 0 bridgehead atoms. The van der Waals surface area contributed by atoms with Crippen LogP contribution in [0.15, 0.2) is 0 Å². The fourth-order valence-corrected chi connectivity index (χ4v) is 1.17. The van der Waals surface area contributed by atoms with E-state index in [0.29, 0.717) is 6.54 Å². The van der Waals surface area contributed by atoms with E-state index >= 15 is 0 Å². The van der Waals surface area contributed by atoms with Gasteiger partial charge in [0.25, 0.3) is 0 Å². The summed E-state index contributed by atoms with van der Waals surface area (Å²) in [6, 6.07) is -1.11. The predicted molar refractivity (Wildman–Crippen MR) is 61.2 cm³/mol. The maximum absolute atomic E-state index is 11.5. The van der Waals surface area contributed by atoms with E-state index in [9.17, 15) is 14.4 Å². The van der Waals surface area contributed by atoms with Gasteiger partial charge >= 0.3 is 5.97 Å². The van der Waals surface area contributed by atoms with Crippen LogP contribution in [0.25, 0.3) is 0 Å². The van der Waals surface area contributed by atoms with E-state index < -0.39 is 24.3 Å². The minimum Gasteiger partial charge on any atom is -0.481 e. The molecular weight excluding hydrogens is 226 g/mol. The molecule has 2 amide bonds. The zero-order valence-corrected chi connectivity index (χ0v) is 10.1. The van der Waals surface area contributed by atoms with Gasteiger partial charge in [0.2, 0.25) is 11.8 Å². The lowest BCUT2D eigenvalue weighted by Gasteiger charge is -2.19. The first kappa shape index (κ1) is 15.4.